The Morgan fingerprint density at radius 2 is 2.03 bits per heavy atom. The first kappa shape index (κ1) is 25.2. The lowest BCUT2D eigenvalue weighted by Gasteiger charge is -2.28. The Morgan fingerprint density at radius 3 is 2.68 bits per heavy atom. The third kappa shape index (κ3) is 5.03. The second-order valence-corrected chi connectivity index (χ2v) is 10.4. The standard InChI is InChI=1S/C27H30N8O3/c1-16(36)30-23-10-18(8-9-29-23)38-21-7-6-20-25(19(21)12-28)34(5)26(31-20)32-24-11-22(27(2,3)4)35(33-24)13-17-14-37-15-17/h6-11,17H,13-15H2,1-5H3,(H,29,30,36)(H,31,32,33). The Labute approximate surface area is 220 Å². The van der Waals surface area contributed by atoms with Gasteiger partial charge in [-0.1, -0.05) is 20.8 Å². The fourth-order valence-corrected chi connectivity index (χ4v) is 4.41. The number of carbonyl (C=O) groups is 1. The normalized spacial score (nSPS) is 13.7. The predicted molar refractivity (Wildman–Crippen MR) is 143 cm³/mol. The van der Waals surface area contributed by atoms with Crippen LogP contribution in [-0.2, 0) is 28.5 Å². The number of carbonyl (C=O) groups excluding carboxylic acids is 1. The third-order valence-electron chi connectivity index (χ3n) is 6.30. The zero-order chi connectivity index (χ0) is 27.0. The van der Waals surface area contributed by atoms with Gasteiger partial charge in [-0.3, -0.25) is 9.48 Å². The van der Waals surface area contributed by atoms with Crippen molar-refractivity contribution < 1.29 is 14.3 Å². The highest BCUT2D eigenvalue weighted by molar-refractivity contribution is 5.88. The van der Waals surface area contributed by atoms with Crippen LogP contribution in [0.5, 0.6) is 11.5 Å². The van der Waals surface area contributed by atoms with Crippen LogP contribution in [0.2, 0.25) is 0 Å². The highest BCUT2D eigenvalue weighted by Crippen LogP contribution is 2.34. The Hall–Kier alpha value is -4.43. The molecule has 1 saturated heterocycles. The number of fused-ring (bicyclic) bond motifs is 1. The number of ether oxygens (including phenoxy) is 2. The van der Waals surface area contributed by atoms with E-state index < -0.39 is 0 Å². The van der Waals surface area contributed by atoms with Crippen LogP contribution in [0.15, 0.2) is 36.5 Å². The lowest BCUT2D eigenvalue weighted by Crippen LogP contribution is -2.33. The van der Waals surface area contributed by atoms with E-state index in [9.17, 15) is 10.1 Å². The Kier molecular flexibility index (Phi) is 6.50. The summed E-state index contributed by atoms with van der Waals surface area (Å²) in [6, 6.07) is 11.1. The number of amides is 1. The summed E-state index contributed by atoms with van der Waals surface area (Å²) in [6.45, 7) is 10.2. The van der Waals surface area contributed by atoms with E-state index in [0.29, 0.717) is 51.6 Å². The number of aromatic nitrogens is 5. The van der Waals surface area contributed by atoms with Gasteiger partial charge in [-0.25, -0.2) is 9.97 Å². The van der Waals surface area contributed by atoms with Crippen LogP contribution in [0, 0.1) is 17.2 Å². The second-order valence-electron chi connectivity index (χ2n) is 10.4. The summed E-state index contributed by atoms with van der Waals surface area (Å²) < 4.78 is 15.2. The smallest absolute Gasteiger partial charge is 0.222 e. The van der Waals surface area contributed by atoms with Gasteiger partial charge in [0.1, 0.15) is 28.9 Å². The lowest BCUT2D eigenvalue weighted by molar-refractivity contribution is -0.114. The highest BCUT2D eigenvalue weighted by atomic mass is 16.5. The van der Waals surface area contributed by atoms with Gasteiger partial charge in [-0.05, 0) is 18.2 Å². The molecule has 3 aromatic heterocycles. The zero-order valence-electron chi connectivity index (χ0n) is 22.1. The van der Waals surface area contributed by atoms with Gasteiger partial charge in [-0.15, -0.1) is 0 Å². The number of anilines is 3. The number of nitriles is 1. The molecule has 2 N–H and O–H groups in total. The van der Waals surface area contributed by atoms with Gasteiger partial charge in [0.25, 0.3) is 0 Å². The van der Waals surface area contributed by atoms with Crippen molar-refractivity contribution in [1.29, 1.82) is 5.26 Å². The van der Waals surface area contributed by atoms with E-state index in [0.717, 1.165) is 25.5 Å². The van der Waals surface area contributed by atoms with Crippen LogP contribution in [0.1, 0.15) is 39.0 Å². The fraction of sp³-hybridized carbons (Fsp3) is 0.370. The molecule has 11 heteroatoms. The van der Waals surface area contributed by atoms with Crippen LogP contribution in [0.25, 0.3) is 11.0 Å². The van der Waals surface area contributed by atoms with E-state index in [-0.39, 0.29) is 11.3 Å². The van der Waals surface area contributed by atoms with Gasteiger partial charge in [0.15, 0.2) is 5.82 Å². The largest absolute Gasteiger partial charge is 0.456 e. The number of rotatable bonds is 7. The molecule has 0 radical (unpaired) electrons. The minimum absolute atomic E-state index is 0.0864. The molecular formula is C27H30N8O3. The molecule has 0 bridgehead atoms. The Balaban J connectivity index is 1.46. The van der Waals surface area contributed by atoms with Gasteiger partial charge in [0, 0.05) is 55.9 Å². The molecule has 0 atom stereocenters. The molecule has 4 aromatic rings. The maximum absolute atomic E-state index is 11.4. The number of hydrogen-bond acceptors (Lipinski definition) is 8. The molecule has 5 rings (SSSR count). The summed E-state index contributed by atoms with van der Waals surface area (Å²) in [6.07, 6.45) is 1.53. The van der Waals surface area contributed by atoms with E-state index in [1.54, 1.807) is 18.2 Å². The van der Waals surface area contributed by atoms with Gasteiger partial charge < -0.3 is 24.7 Å². The molecule has 0 aliphatic carbocycles. The number of imidazole rings is 1. The van der Waals surface area contributed by atoms with E-state index in [4.69, 9.17) is 19.6 Å². The highest BCUT2D eigenvalue weighted by Gasteiger charge is 2.26. The first-order valence-electron chi connectivity index (χ1n) is 12.4. The third-order valence-corrected chi connectivity index (χ3v) is 6.30. The molecule has 38 heavy (non-hydrogen) atoms. The summed E-state index contributed by atoms with van der Waals surface area (Å²) >= 11 is 0. The van der Waals surface area contributed by atoms with Crippen molar-refractivity contribution in [3.05, 3.63) is 47.8 Å². The van der Waals surface area contributed by atoms with Crippen LogP contribution in [0.4, 0.5) is 17.6 Å². The molecular weight excluding hydrogens is 484 g/mol. The zero-order valence-corrected chi connectivity index (χ0v) is 22.1. The summed E-state index contributed by atoms with van der Waals surface area (Å²) in [5.74, 6) is 2.65. The SMILES string of the molecule is CC(=O)Nc1cc(Oc2ccc3nc(Nc4cc(C(C)(C)C)n(CC5COC5)n4)n(C)c3c2C#N)ccn1. The summed E-state index contributed by atoms with van der Waals surface area (Å²) in [4.78, 5) is 20.2. The van der Waals surface area contributed by atoms with Crippen molar-refractivity contribution in [2.45, 2.75) is 39.7 Å². The van der Waals surface area contributed by atoms with Gasteiger partial charge >= 0.3 is 0 Å². The van der Waals surface area contributed by atoms with Crippen molar-refractivity contribution in [3.8, 4) is 17.6 Å². The van der Waals surface area contributed by atoms with Gasteiger partial charge in [0.2, 0.25) is 11.9 Å². The number of nitrogens with zero attached hydrogens (tertiary/aromatic N) is 6. The first-order chi connectivity index (χ1) is 18.1. The van der Waals surface area contributed by atoms with Crippen LogP contribution >= 0.6 is 0 Å². The van der Waals surface area contributed by atoms with Gasteiger partial charge in [0.05, 0.1) is 24.2 Å². The molecule has 1 amide bonds. The predicted octanol–water partition coefficient (Wildman–Crippen LogP) is 4.47. The minimum atomic E-state index is -0.236. The van der Waals surface area contributed by atoms with Crippen molar-refractivity contribution in [3.63, 3.8) is 0 Å². The molecule has 1 aliphatic rings. The fourth-order valence-electron chi connectivity index (χ4n) is 4.41. The average Bonchev–Trinajstić information content (AvgIpc) is 3.37. The second kappa shape index (κ2) is 9.79. The quantitative estimate of drug-likeness (QED) is 0.369. The maximum atomic E-state index is 11.4. The van der Waals surface area contributed by atoms with Crippen LogP contribution in [0.3, 0.4) is 0 Å². The van der Waals surface area contributed by atoms with E-state index >= 15 is 0 Å². The molecule has 0 saturated carbocycles. The molecule has 1 aliphatic heterocycles. The molecule has 196 valence electrons. The summed E-state index contributed by atoms with van der Waals surface area (Å²) in [5.41, 5.74) is 2.65. The number of pyridine rings is 1. The molecule has 0 spiro atoms. The summed E-state index contributed by atoms with van der Waals surface area (Å²) in [5, 5.41) is 20.8. The molecule has 1 aromatic carbocycles. The number of nitrogens with one attached hydrogen (secondary N) is 2. The Bertz CT molecular complexity index is 1550. The molecule has 1 fully saturated rings. The first-order valence-corrected chi connectivity index (χ1v) is 12.4. The topological polar surface area (TPSA) is 132 Å². The van der Waals surface area contributed by atoms with Crippen molar-refractivity contribution in [2.24, 2.45) is 13.0 Å². The number of benzene rings is 1. The molecule has 11 nitrogen and oxygen atoms in total. The maximum Gasteiger partial charge on any atom is 0.222 e. The minimum Gasteiger partial charge on any atom is -0.456 e. The molecule has 4 heterocycles. The monoisotopic (exact) mass is 514 g/mol. The van der Waals surface area contributed by atoms with E-state index in [1.807, 2.05) is 17.7 Å². The lowest BCUT2D eigenvalue weighted by atomic mass is 9.92. The Morgan fingerprint density at radius 1 is 1.24 bits per heavy atom. The average molecular weight is 515 g/mol. The number of hydrogen-bond donors (Lipinski definition) is 2. The molecule has 0 unspecified atom stereocenters. The van der Waals surface area contributed by atoms with E-state index in [2.05, 4.69) is 53.2 Å². The van der Waals surface area contributed by atoms with E-state index in [1.165, 1.54) is 13.1 Å². The summed E-state index contributed by atoms with van der Waals surface area (Å²) in [7, 11) is 1.84. The van der Waals surface area contributed by atoms with Crippen molar-refractivity contribution in [2.75, 3.05) is 23.8 Å². The van der Waals surface area contributed by atoms with Crippen molar-refractivity contribution >= 4 is 34.5 Å². The van der Waals surface area contributed by atoms with Crippen LogP contribution < -0.4 is 15.4 Å². The van der Waals surface area contributed by atoms with Crippen LogP contribution in [-0.4, -0.2) is 43.4 Å². The number of aryl methyl sites for hydroxylation is 1. The van der Waals surface area contributed by atoms with Gasteiger partial charge in [-0.2, -0.15) is 10.4 Å². The van der Waals surface area contributed by atoms with Crippen molar-refractivity contribution in [1.82, 2.24) is 24.3 Å².